The summed E-state index contributed by atoms with van der Waals surface area (Å²) in [5.41, 5.74) is 2.05. The molecule has 1 heterocycles. The number of fused-ring (bicyclic) bond motifs is 1. The second kappa shape index (κ2) is 8.64. The lowest BCUT2D eigenvalue weighted by Crippen LogP contribution is -3.08. The molecule has 0 saturated heterocycles. The van der Waals surface area contributed by atoms with Gasteiger partial charge >= 0.3 is 0 Å². The van der Waals surface area contributed by atoms with E-state index in [1.54, 1.807) is 14.2 Å². The van der Waals surface area contributed by atoms with Gasteiger partial charge in [0.1, 0.15) is 6.54 Å². The van der Waals surface area contributed by atoms with Crippen LogP contribution in [0, 0.1) is 0 Å². The first-order chi connectivity index (χ1) is 13.1. The van der Waals surface area contributed by atoms with Crippen LogP contribution in [-0.2, 0) is 17.9 Å². The van der Waals surface area contributed by atoms with Gasteiger partial charge < -0.3 is 29.2 Å². The molecule has 1 aliphatic heterocycles. The molecule has 0 radical (unpaired) electrons. The highest BCUT2D eigenvalue weighted by molar-refractivity contribution is 5.76. The van der Waals surface area contributed by atoms with Crippen LogP contribution in [0.15, 0.2) is 36.4 Å². The Kier molecular flexibility index (Phi) is 6.03. The number of hydrogen-bond acceptors (Lipinski definition) is 5. The van der Waals surface area contributed by atoms with E-state index in [9.17, 15) is 4.79 Å². The van der Waals surface area contributed by atoms with Gasteiger partial charge in [0.15, 0.2) is 29.5 Å². The molecular weight excluding hydrogens is 348 g/mol. The molecular formula is C20H25N2O5+. The molecule has 7 nitrogen and oxygen atoms in total. The standard InChI is InChI=1S/C20H24N2O5/c1-22(11-15-5-7-17-19(9-15)27-13-26-17)12-20(23)21-10-14-4-6-16(24-2)18(8-14)25-3/h4-9H,10-13H2,1-3H3,(H,21,23)/p+1. The van der Waals surface area contributed by atoms with E-state index in [0.29, 0.717) is 24.6 Å². The number of ether oxygens (including phenoxy) is 4. The fourth-order valence-electron chi connectivity index (χ4n) is 2.99. The first-order valence-corrected chi connectivity index (χ1v) is 8.76. The normalized spacial score (nSPS) is 13.1. The number of nitrogens with one attached hydrogen (secondary N) is 2. The van der Waals surface area contributed by atoms with Gasteiger partial charge in [0.2, 0.25) is 6.79 Å². The Bertz CT molecular complexity index is 809. The van der Waals surface area contributed by atoms with Gasteiger partial charge in [-0.15, -0.1) is 0 Å². The first kappa shape index (κ1) is 18.8. The molecule has 1 amide bonds. The van der Waals surface area contributed by atoms with E-state index in [-0.39, 0.29) is 12.7 Å². The van der Waals surface area contributed by atoms with Crippen molar-refractivity contribution in [3.8, 4) is 23.0 Å². The fourth-order valence-corrected chi connectivity index (χ4v) is 2.99. The van der Waals surface area contributed by atoms with E-state index in [1.165, 1.54) is 0 Å². The minimum atomic E-state index is -0.0111. The Balaban J connectivity index is 1.49. The maximum Gasteiger partial charge on any atom is 0.275 e. The van der Waals surface area contributed by atoms with Crippen molar-refractivity contribution in [2.75, 3.05) is 34.6 Å². The van der Waals surface area contributed by atoms with Crippen LogP contribution in [0.25, 0.3) is 0 Å². The van der Waals surface area contributed by atoms with Crippen LogP contribution in [0.3, 0.4) is 0 Å². The van der Waals surface area contributed by atoms with Gasteiger partial charge in [0, 0.05) is 12.1 Å². The number of amides is 1. The number of carbonyl (C=O) groups excluding carboxylic acids is 1. The smallest absolute Gasteiger partial charge is 0.275 e. The van der Waals surface area contributed by atoms with Gasteiger partial charge in [-0.25, -0.2) is 0 Å². The number of benzene rings is 2. The third-order valence-electron chi connectivity index (χ3n) is 4.34. The molecule has 27 heavy (non-hydrogen) atoms. The van der Waals surface area contributed by atoms with E-state index >= 15 is 0 Å². The van der Waals surface area contributed by atoms with Gasteiger partial charge in [-0.1, -0.05) is 6.07 Å². The van der Waals surface area contributed by atoms with Crippen molar-refractivity contribution in [3.05, 3.63) is 47.5 Å². The molecule has 0 aliphatic carbocycles. The first-order valence-electron chi connectivity index (χ1n) is 8.76. The second-order valence-electron chi connectivity index (χ2n) is 6.46. The molecule has 1 atom stereocenters. The molecule has 3 rings (SSSR count). The molecule has 2 aromatic rings. The third kappa shape index (κ3) is 4.83. The van der Waals surface area contributed by atoms with Crippen LogP contribution in [-0.4, -0.2) is 40.5 Å². The summed E-state index contributed by atoms with van der Waals surface area (Å²) in [6, 6.07) is 11.5. The van der Waals surface area contributed by atoms with Crippen molar-refractivity contribution in [1.29, 1.82) is 0 Å². The Morgan fingerprint density at radius 2 is 1.78 bits per heavy atom. The molecule has 0 fully saturated rings. The summed E-state index contributed by atoms with van der Waals surface area (Å²) in [5.74, 6) is 2.83. The van der Waals surface area contributed by atoms with E-state index < -0.39 is 0 Å². The number of quaternary nitrogens is 1. The van der Waals surface area contributed by atoms with Crippen molar-refractivity contribution >= 4 is 5.91 Å². The average Bonchev–Trinajstić information content (AvgIpc) is 3.13. The minimum Gasteiger partial charge on any atom is -0.493 e. The van der Waals surface area contributed by atoms with Crippen molar-refractivity contribution < 1.29 is 28.6 Å². The Hall–Kier alpha value is -2.93. The summed E-state index contributed by atoms with van der Waals surface area (Å²) in [6.07, 6.45) is 0. The van der Waals surface area contributed by atoms with Crippen LogP contribution in [0.2, 0.25) is 0 Å². The maximum atomic E-state index is 12.2. The highest BCUT2D eigenvalue weighted by atomic mass is 16.7. The molecule has 0 spiro atoms. The van der Waals surface area contributed by atoms with Gasteiger partial charge in [0.25, 0.3) is 5.91 Å². The zero-order valence-corrected chi connectivity index (χ0v) is 15.8. The van der Waals surface area contributed by atoms with Crippen molar-refractivity contribution in [2.24, 2.45) is 0 Å². The number of rotatable bonds is 8. The minimum absolute atomic E-state index is 0.0111. The summed E-state index contributed by atoms with van der Waals surface area (Å²) in [6.45, 7) is 1.80. The van der Waals surface area contributed by atoms with Crippen LogP contribution >= 0.6 is 0 Å². The van der Waals surface area contributed by atoms with E-state index in [2.05, 4.69) is 5.32 Å². The highest BCUT2D eigenvalue weighted by Crippen LogP contribution is 2.32. The quantitative estimate of drug-likeness (QED) is 0.715. The largest absolute Gasteiger partial charge is 0.493 e. The molecule has 0 aromatic heterocycles. The number of methoxy groups -OCH3 is 2. The lowest BCUT2D eigenvalue weighted by molar-refractivity contribution is -0.885. The van der Waals surface area contributed by atoms with Gasteiger partial charge in [-0.05, 0) is 35.9 Å². The average molecular weight is 373 g/mol. The topological polar surface area (TPSA) is 70.5 Å². The molecule has 2 aromatic carbocycles. The van der Waals surface area contributed by atoms with E-state index in [1.807, 2.05) is 43.4 Å². The second-order valence-corrected chi connectivity index (χ2v) is 6.46. The molecule has 7 heteroatoms. The Morgan fingerprint density at radius 1 is 1.04 bits per heavy atom. The van der Waals surface area contributed by atoms with Gasteiger partial charge in [-0.3, -0.25) is 4.79 Å². The van der Waals surface area contributed by atoms with Crippen molar-refractivity contribution in [1.82, 2.24) is 5.32 Å². The molecule has 1 unspecified atom stereocenters. The maximum absolute atomic E-state index is 12.2. The van der Waals surface area contributed by atoms with Crippen LogP contribution in [0.5, 0.6) is 23.0 Å². The third-order valence-corrected chi connectivity index (χ3v) is 4.34. The fraction of sp³-hybridized carbons (Fsp3) is 0.350. The zero-order chi connectivity index (χ0) is 19.2. The van der Waals surface area contributed by atoms with Crippen LogP contribution < -0.4 is 29.2 Å². The highest BCUT2D eigenvalue weighted by Gasteiger charge is 2.16. The molecule has 1 aliphatic rings. The number of hydrogen-bond donors (Lipinski definition) is 2. The van der Waals surface area contributed by atoms with E-state index in [0.717, 1.165) is 34.1 Å². The Labute approximate surface area is 158 Å². The summed E-state index contributed by atoms with van der Waals surface area (Å²) < 4.78 is 21.2. The van der Waals surface area contributed by atoms with Gasteiger partial charge in [0.05, 0.1) is 21.3 Å². The lowest BCUT2D eigenvalue weighted by Gasteiger charge is -2.15. The van der Waals surface area contributed by atoms with Gasteiger partial charge in [-0.2, -0.15) is 0 Å². The molecule has 0 bridgehead atoms. The van der Waals surface area contributed by atoms with Crippen molar-refractivity contribution in [2.45, 2.75) is 13.1 Å². The summed E-state index contributed by atoms with van der Waals surface area (Å²) in [5, 5.41) is 2.95. The number of likely N-dealkylation sites (N-methyl/N-ethyl adjacent to an activating group) is 1. The van der Waals surface area contributed by atoms with E-state index in [4.69, 9.17) is 18.9 Å². The monoisotopic (exact) mass is 373 g/mol. The Morgan fingerprint density at radius 3 is 2.56 bits per heavy atom. The molecule has 2 N–H and O–H groups in total. The summed E-state index contributed by atoms with van der Waals surface area (Å²) in [7, 11) is 5.17. The summed E-state index contributed by atoms with van der Waals surface area (Å²) in [4.78, 5) is 13.3. The molecule has 144 valence electrons. The predicted octanol–water partition coefficient (Wildman–Crippen LogP) is 0.764. The van der Waals surface area contributed by atoms with Crippen LogP contribution in [0.1, 0.15) is 11.1 Å². The van der Waals surface area contributed by atoms with Crippen LogP contribution in [0.4, 0.5) is 0 Å². The predicted molar refractivity (Wildman–Crippen MR) is 99.4 cm³/mol. The zero-order valence-electron chi connectivity index (χ0n) is 15.8. The molecule has 0 saturated carbocycles. The van der Waals surface area contributed by atoms with Crippen molar-refractivity contribution in [3.63, 3.8) is 0 Å². The lowest BCUT2D eigenvalue weighted by atomic mass is 10.2. The number of carbonyl (C=O) groups is 1. The SMILES string of the molecule is COc1ccc(CNC(=O)C[NH+](C)Cc2ccc3c(c2)OCO3)cc1OC. The summed E-state index contributed by atoms with van der Waals surface area (Å²) >= 11 is 0.